The zero-order valence-corrected chi connectivity index (χ0v) is 11.1. The van der Waals surface area contributed by atoms with Crippen molar-refractivity contribution in [3.05, 3.63) is 34.9 Å². The summed E-state index contributed by atoms with van der Waals surface area (Å²) in [6.45, 7) is 7.11. The van der Waals surface area contributed by atoms with Gasteiger partial charge in [0.2, 0.25) is 0 Å². The Morgan fingerprint density at radius 1 is 1.29 bits per heavy atom. The Hall–Kier alpha value is -0.860. The molecular formula is C15H23NO. The van der Waals surface area contributed by atoms with Gasteiger partial charge in [-0.05, 0) is 51.3 Å². The predicted molar refractivity (Wildman–Crippen MR) is 71.1 cm³/mol. The SMILES string of the molecule is Cc1ccc(C)c(C(C)(O)C2CCCCN2)c1. The van der Waals surface area contributed by atoms with E-state index in [1.807, 2.05) is 6.92 Å². The molecule has 0 saturated carbocycles. The average molecular weight is 233 g/mol. The number of aryl methyl sites for hydroxylation is 2. The molecule has 0 radical (unpaired) electrons. The average Bonchev–Trinajstić information content (AvgIpc) is 2.33. The molecule has 2 atom stereocenters. The van der Waals surface area contributed by atoms with E-state index < -0.39 is 5.60 Å². The monoisotopic (exact) mass is 233 g/mol. The molecular weight excluding hydrogens is 210 g/mol. The van der Waals surface area contributed by atoms with Gasteiger partial charge in [0.25, 0.3) is 0 Å². The lowest BCUT2D eigenvalue weighted by Gasteiger charge is -2.37. The van der Waals surface area contributed by atoms with Crippen molar-refractivity contribution in [3.63, 3.8) is 0 Å². The number of nitrogens with one attached hydrogen (secondary N) is 1. The molecule has 2 heteroatoms. The minimum absolute atomic E-state index is 0.178. The van der Waals surface area contributed by atoms with Gasteiger partial charge in [-0.2, -0.15) is 0 Å². The summed E-state index contributed by atoms with van der Waals surface area (Å²) in [6.07, 6.45) is 3.48. The molecule has 1 heterocycles. The smallest absolute Gasteiger partial charge is 0.102 e. The molecule has 1 aliphatic rings. The molecule has 0 amide bonds. The van der Waals surface area contributed by atoms with Crippen LogP contribution in [-0.2, 0) is 5.60 Å². The van der Waals surface area contributed by atoms with Crippen LogP contribution in [0.5, 0.6) is 0 Å². The molecule has 2 N–H and O–H groups in total. The van der Waals surface area contributed by atoms with E-state index in [0.717, 1.165) is 18.5 Å². The van der Waals surface area contributed by atoms with Crippen LogP contribution in [0.25, 0.3) is 0 Å². The summed E-state index contributed by atoms with van der Waals surface area (Å²) in [5.74, 6) is 0. The summed E-state index contributed by atoms with van der Waals surface area (Å²) in [4.78, 5) is 0. The Morgan fingerprint density at radius 2 is 2.06 bits per heavy atom. The Bertz CT molecular complexity index is 392. The van der Waals surface area contributed by atoms with Crippen LogP contribution >= 0.6 is 0 Å². The third-order valence-corrected chi connectivity index (χ3v) is 3.93. The minimum atomic E-state index is -0.767. The fraction of sp³-hybridized carbons (Fsp3) is 0.600. The van der Waals surface area contributed by atoms with Gasteiger partial charge in [0, 0.05) is 6.04 Å². The third-order valence-electron chi connectivity index (χ3n) is 3.93. The van der Waals surface area contributed by atoms with E-state index in [1.54, 1.807) is 0 Å². The van der Waals surface area contributed by atoms with Crippen LogP contribution in [0.3, 0.4) is 0 Å². The van der Waals surface area contributed by atoms with Crippen LogP contribution in [0.15, 0.2) is 18.2 Å². The zero-order valence-electron chi connectivity index (χ0n) is 11.1. The zero-order chi connectivity index (χ0) is 12.5. The van der Waals surface area contributed by atoms with Gasteiger partial charge in [0.1, 0.15) is 5.60 Å². The van der Waals surface area contributed by atoms with Gasteiger partial charge >= 0.3 is 0 Å². The maximum Gasteiger partial charge on any atom is 0.102 e. The maximum absolute atomic E-state index is 10.9. The van der Waals surface area contributed by atoms with E-state index >= 15 is 0 Å². The van der Waals surface area contributed by atoms with Crippen molar-refractivity contribution in [2.75, 3.05) is 6.54 Å². The van der Waals surface area contributed by atoms with Crippen molar-refractivity contribution in [1.29, 1.82) is 0 Å². The van der Waals surface area contributed by atoms with Crippen molar-refractivity contribution in [2.45, 2.75) is 51.7 Å². The second-order valence-electron chi connectivity index (χ2n) is 5.47. The van der Waals surface area contributed by atoms with Crippen molar-refractivity contribution in [1.82, 2.24) is 5.32 Å². The van der Waals surface area contributed by atoms with E-state index in [9.17, 15) is 5.11 Å². The summed E-state index contributed by atoms with van der Waals surface area (Å²) < 4.78 is 0. The highest BCUT2D eigenvalue weighted by molar-refractivity contribution is 5.35. The first-order valence-corrected chi connectivity index (χ1v) is 6.55. The standard InChI is InChI=1S/C15H23NO/c1-11-7-8-12(2)13(10-11)15(3,17)14-6-4-5-9-16-14/h7-8,10,14,16-17H,4-6,9H2,1-3H3. The van der Waals surface area contributed by atoms with Gasteiger partial charge in [0.15, 0.2) is 0 Å². The van der Waals surface area contributed by atoms with Crippen LogP contribution in [0.1, 0.15) is 42.9 Å². The fourth-order valence-corrected chi connectivity index (χ4v) is 2.80. The largest absolute Gasteiger partial charge is 0.384 e. The fourth-order valence-electron chi connectivity index (χ4n) is 2.80. The Morgan fingerprint density at radius 3 is 2.71 bits per heavy atom. The van der Waals surface area contributed by atoms with E-state index in [4.69, 9.17) is 0 Å². The lowest BCUT2D eigenvalue weighted by molar-refractivity contribution is 0.00510. The molecule has 2 rings (SSSR count). The first-order chi connectivity index (χ1) is 8.01. The first-order valence-electron chi connectivity index (χ1n) is 6.55. The predicted octanol–water partition coefficient (Wildman–Crippen LogP) is 2.65. The number of piperidine rings is 1. The number of rotatable bonds is 2. The van der Waals surface area contributed by atoms with Crippen molar-refractivity contribution in [3.8, 4) is 0 Å². The molecule has 1 aliphatic heterocycles. The van der Waals surface area contributed by atoms with Crippen molar-refractivity contribution >= 4 is 0 Å². The molecule has 0 aromatic heterocycles. The molecule has 2 unspecified atom stereocenters. The molecule has 1 fully saturated rings. The second-order valence-corrected chi connectivity index (χ2v) is 5.47. The van der Waals surface area contributed by atoms with Crippen LogP contribution in [0.2, 0.25) is 0 Å². The molecule has 2 nitrogen and oxygen atoms in total. The molecule has 94 valence electrons. The van der Waals surface area contributed by atoms with Gasteiger partial charge in [-0.25, -0.2) is 0 Å². The summed E-state index contributed by atoms with van der Waals surface area (Å²) in [5.41, 5.74) is 2.68. The highest BCUT2D eigenvalue weighted by Gasteiger charge is 2.35. The van der Waals surface area contributed by atoms with Crippen LogP contribution in [0.4, 0.5) is 0 Å². The molecule has 1 saturated heterocycles. The first kappa shape index (κ1) is 12.6. The Labute approximate surface area is 104 Å². The van der Waals surface area contributed by atoms with Crippen LogP contribution in [0, 0.1) is 13.8 Å². The van der Waals surface area contributed by atoms with Crippen LogP contribution < -0.4 is 5.32 Å². The van der Waals surface area contributed by atoms with Gasteiger partial charge in [-0.1, -0.05) is 30.2 Å². The maximum atomic E-state index is 10.9. The van der Waals surface area contributed by atoms with E-state index in [-0.39, 0.29) is 6.04 Å². The van der Waals surface area contributed by atoms with Gasteiger partial charge in [0.05, 0.1) is 0 Å². The topological polar surface area (TPSA) is 32.3 Å². The third kappa shape index (κ3) is 2.53. The second kappa shape index (κ2) is 4.79. The molecule has 1 aromatic rings. The van der Waals surface area contributed by atoms with Crippen molar-refractivity contribution < 1.29 is 5.11 Å². The lowest BCUT2D eigenvalue weighted by Crippen LogP contribution is -2.49. The molecule has 17 heavy (non-hydrogen) atoms. The minimum Gasteiger partial charge on any atom is -0.384 e. The van der Waals surface area contributed by atoms with Gasteiger partial charge in [-0.3, -0.25) is 0 Å². The van der Waals surface area contributed by atoms with E-state index in [0.29, 0.717) is 0 Å². The molecule has 0 spiro atoms. The summed E-state index contributed by atoms with van der Waals surface area (Å²) in [7, 11) is 0. The summed E-state index contributed by atoms with van der Waals surface area (Å²) in [5, 5.41) is 14.3. The normalized spacial score (nSPS) is 24.4. The number of benzene rings is 1. The van der Waals surface area contributed by atoms with Crippen molar-refractivity contribution in [2.24, 2.45) is 0 Å². The number of aliphatic hydroxyl groups is 1. The highest BCUT2D eigenvalue weighted by atomic mass is 16.3. The lowest BCUT2D eigenvalue weighted by atomic mass is 9.81. The molecule has 0 bridgehead atoms. The van der Waals surface area contributed by atoms with Gasteiger partial charge in [-0.15, -0.1) is 0 Å². The Kier molecular flexibility index (Phi) is 3.55. The number of hydrogen-bond donors (Lipinski definition) is 2. The summed E-state index contributed by atoms with van der Waals surface area (Å²) >= 11 is 0. The number of hydrogen-bond acceptors (Lipinski definition) is 2. The molecule has 0 aliphatic carbocycles. The van der Waals surface area contributed by atoms with E-state index in [1.165, 1.54) is 24.0 Å². The van der Waals surface area contributed by atoms with Gasteiger partial charge < -0.3 is 10.4 Å². The highest BCUT2D eigenvalue weighted by Crippen LogP contribution is 2.31. The Balaban J connectivity index is 2.32. The quantitative estimate of drug-likeness (QED) is 0.823. The molecule has 1 aromatic carbocycles. The summed E-state index contributed by atoms with van der Waals surface area (Å²) in [6, 6.07) is 6.49. The van der Waals surface area contributed by atoms with E-state index in [2.05, 4.69) is 37.4 Å². The van der Waals surface area contributed by atoms with Crippen LogP contribution in [-0.4, -0.2) is 17.7 Å².